The summed E-state index contributed by atoms with van der Waals surface area (Å²) in [5, 5.41) is 13.4. The van der Waals surface area contributed by atoms with Crippen molar-refractivity contribution in [3.05, 3.63) is 18.0 Å². The largest absolute Gasteiger partial charge is 0.481 e. The number of aliphatic carboxylic acids is 1. The number of nitrogens with zero attached hydrogens (tertiary/aromatic N) is 2. The molecular weight excluding hydrogens is 216 g/mol. The molecule has 1 saturated carbocycles. The van der Waals surface area contributed by atoms with E-state index in [0.29, 0.717) is 12.5 Å². The Bertz CT molecular complexity index is 381. The Kier molecular flexibility index (Phi) is 3.82. The molecular formula is C13H20N2O2. The van der Waals surface area contributed by atoms with Gasteiger partial charge in [0.25, 0.3) is 0 Å². The number of carboxylic acid groups (broad SMARTS) is 1. The van der Waals surface area contributed by atoms with Crippen molar-refractivity contribution in [3.8, 4) is 0 Å². The van der Waals surface area contributed by atoms with Crippen LogP contribution in [0.25, 0.3) is 0 Å². The van der Waals surface area contributed by atoms with Crippen LogP contribution in [0.5, 0.6) is 0 Å². The highest BCUT2D eigenvalue weighted by molar-refractivity contribution is 5.69. The molecule has 1 heterocycles. The quantitative estimate of drug-likeness (QED) is 0.855. The second kappa shape index (κ2) is 5.34. The van der Waals surface area contributed by atoms with Gasteiger partial charge >= 0.3 is 5.97 Å². The molecule has 1 aliphatic carbocycles. The molecule has 1 aromatic rings. The first-order chi connectivity index (χ1) is 8.16. The third-order valence-electron chi connectivity index (χ3n) is 3.62. The smallest absolute Gasteiger partial charge is 0.306 e. The van der Waals surface area contributed by atoms with E-state index in [9.17, 15) is 4.79 Å². The van der Waals surface area contributed by atoms with Crippen LogP contribution in [-0.2, 0) is 11.2 Å². The monoisotopic (exact) mass is 236 g/mol. The first kappa shape index (κ1) is 12.1. The molecule has 0 aromatic carbocycles. The third-order valence-corrected chi connectivity index (χ3v) is 3.62. The first-order valence-corrected chi connectivity index (χ1v) is 6.43. The molecule has 94 valence electrons. The van der Waals surface area contributed by atoms with Gasteiger partial charge in [-0.3, -0.25) is 9.48 Å². The molecule has 1 aromatic heterocycles. The summed E-state index contributed by atoms with van der Waals surface area (Å²) in [7, 11) is 0. The van der Waals surface area contributed by atoms with Gasteiger partial charge in [-0.1, -0.05) is 19.8 Å². The normalized spacial score (nSPS) is 18.4. The Morgan fingerprint density at radius 3 is 2.94 bits per heavy atom. The maximum absolute atomic E-state index is 10.7. The van der Waals surface area contributed by atoms with E-state index in [2.05, 4.69) is 9.78 Å². The van der Waals surface area contributed by atoms with Crippen molar-refractivity contribution in [1.29, 1.82) is 0 Å². The molecule has 1 N–H and O–H groups in total. The fourth-order valence-corrected chi connectivity index (χ4v) is 2.37. The van der Waals surface area contributed by atoms with E-state index in [0.717, 1.165) is 12.1 Å². The van der Waals surface area contributed by atoms with E-state index in [1.807, 2.05) is 12.3 Å². The van der Waals surface area contributed by atoms with Crippen molar-refractivity contribution in [2.45, 2.75) is 51.5 Å². The van der Waals surface area contributed by atoms with Gasteiger partial charge in [-0.2, -0.15) is 5.10 Å². The summed E-state index contributed by atoms with van der Waals surface area (Å²) in [5.41, 5.74) is 1.02. The molecule has 0 aliphatic heterocycles. The molecule has 1 aliphatic rings. The summed E-state index contributed by atoms with van der Waals surface area (Å²) in [6.45, 7) is 1.75. The van der Waals surface area contributed by atoms with Crippen LogP contribution in [0.4, 0.5) is 0 Å². The maximum atomic E-state index is 10.7. The number of hydrogen-bond donors (Lipinski definition) is 1. The Morgan fingerprint density at radius 1 is 1.59 bits per heavy atom. The predicted octanol–water partition coefficient (Wildman–Crippen LogP) is 2.65. The van der Waals surface area contributed by atoms with E-state index < -0.39 is 5.97 Å². The zero-order chi connectivity index (χ0) is 12.3. The van der Waals surface area contributed by atoms with Gasteiger partial charge in [-0.05, 0) is 31.7 Å². The molecule has 0 radical (unpaired) electrons. The molecule has 1 atom stereocenters. The summed E-state index contributed by atoms with van der Waals surface area (Å²) >= 11 is 0. The van der Waals surface area contributed by atoms with Crippen molar-refractivity contribution in [1.82, 2.24) is 9.78 Å². The number of aryl methyl sites for hydroxylation is 1. The Hall–Kier alpha value is -1.32. The van der Waals surface area contributed by atoms with E-state index in [-0.39, 0.29) is 5.92 Å². The molecule has 0 spiro atoms. The molecule has 0 bridgehead atoms. The van der Waals surface area contributed by atoms with Crippen LogP contribution in [-0.4, -0.2) is 20.9 Å². The average molecular weight is 236 g/mol. The zero-order valence-electron chi connectivity index (χ0n) is 10.3. The van der Waals surface area contributed by atoms with E-state index in [4.69, 9.17) is 5.11 Å². The molecule has 17 heavy (non-hydrogen) atoms. The van der Waals surface area contributed by atoms with Gasteiger partial charge in [0.2, 0.25) is 0 Å². The standard InChI is InChI=1S/C13H20N2O2/c1-10(13(16)17)6-7-11-8-9-15(14-11)12-4-2-3-5-12/h8-10,12H,2-7H2,1H3,(H,16,17). The third kappa shape index (κ3) is 3.08. The van der Waals surface area contributed by atoms with Gasteiger partial charge < -0.3 is 5.11 Å². The number of aromatic nitrogens is 2. The first-order valence-electron chi connectivity index (χ1n) is 6.43. The Morgan fingerprint density at radius 2 is 2.29 bits per heavy atom. The van der Waals surface area contributed by atoms with Crippen molar-refractivity contribution in [2.24, 2.45) is 5.92 Å². The van der Waals surface area contributed by atoms with E-state index in [1.165, 1.54) is 25.7 Å². The maximum Gasteiger partial charge on any atom is 0.306 e. The molecule has 4 heteroatoms. The second-order valence-electron chi connectivity index (χ2n) is 5.00. The number of rotatable bonds is 5. The van der Waals surface area contributed by atoms with Crippen molar-refractivity contribution < 1.29 is 9.90 Å². The second-order valence-corrected chi connectivity index (χ2v) is 5.00. The van der Waals surface area contributed by atoms with Crippen LogP contribution >= 0.6 is 0 Å². The number of carboxylic acids is 1. The van der Waals surface area contributed by atoms with Gasteiger partial charge in [0.05, 0.1) is 17.7 Å². The fraction of sp³-hybridized carbons (Fsp3) is 0.692. The van der Waals surface area contributed by atoms with Crippen LogP contribution in [0.1, 0.15) is 50.8 Å². The van der Waals surface area contributed by atoms with Crippen molar-refractivity contribution in [3.63, 3.8) is 0 Å². The zero-order valence-corrected chi connectivity index (χ0v) is 10.3. The number of carbonyl (C=O) groups is 1. The van der Waals surface area contributed by atoms with Gasteiger partial charge in [0, 0.05) is 6.20 Å². The van der Waals surface area contributed by atoms with Gasteiger partial charge in [-0.15, -0.1) is 0 Å². The average Bonchev–Trinajstić information content (AvgIpc) is 2.95. The highest BCUT2D eigenvalue weighted by atomic mass is 16.4. The number of hydrogen-bond acceptors (Lipinski definition) is 2. The topological polar surface area (TPSA) is 55.1 Å². The summed E-state index contributed by atoms with van der Waals surface area (Å²) in [6.07, 6.45) is 8.52. The Labute approximate surface area is 102 Å². The van der Waals surface area contributed by atoms with E-state index >= 15 is 0 Å². The summed E-state index contributed by atoms with van der Waals surface area (Å²) < 4.78 is 2.06. The highest BCUT2D eigenvalue weighted by Gasteiger charge is 2.18. The SMILES string of the molecule is CC(CCc1ccn(C2CCCC2)n1)C(=O)O. The van der Waals surface area contributed by atoms with Crippen molar-refractivity contribution in [2.75, 3.05) is 0 Å². The molecule has 1 fully saturated rings. The van der Waals surface area contributed by atoms with Gasteiger partial charge in [-0.25, -0.2) is 0 Å². The lowest BCUT2D eigenvalue weighted by atomic mass is 10.1. The van der Waals surface area contributed by atoms with Gasteiger partial charge in [0.15, 0.2) is 0 Å². The minimum Gasteiger partial charge on any atom is -0.481 e. The molecule has 2 rings (SSSR count). The minimum absolute atomic E-state index is 0.286. The van der Waals surface area contributed by atoms with Crippen LogP contribution in [0.3, 0.4) is 0 Å². The summed E-state index contributed by atoms with van der Waals surface area (Å²) in [4.78, 5) is 10.7. The van der Waals surface area contributed by atoms with E-state index in [1.54, 1.807) is 6.92 Å². The molecule has 0 saturated heterocycles. The van der Waals surface area contributed by atoms with Crippen molar-refractivity contribution >= 4 is 5.97 Å². The summed E-state index contributed by atoms with van der Waals surface area (Å²) in [5.74, 6) is -1.01. The predicted molar refractivity (Wildman–Crippen MR) is 64.9 cm³/mol. The van der Waals surface area contributed by atoms with Gasteiger partial charge in [0.1, 0.15) is 0 Å². The van der Waals surface area contributed by atoms with Crippen LogP contribution in [0.15, 0.2) is 12.3 Å². The lowest BCUT2D eigenvalue weighted by Crippen LogP contribution is -2.11. The minimum atomic E-state index is -0.722. The lowest BCUT2D eigenvalue weighted by Gasteiger charge is -2.09. The fourth-order valence-electron chi connectivity index (χ4n) is 2.37. The molecule has 4 nitrogen and oxygen atoms in total. The molecule has 0 amide bonds. The highest BCUT2D eigenvalue weighted by Crippen LogP contribution is 2.28. The molecule has 1 unspecified atom stereocenters. The Balaban J connectivity index is 1.87. The van der Waals surface area contributed by atoms with Crippen LogP contribution < -0.4 is 0 Å². The van der Waals surface area contributed by atoms with Crippen LogP contribution in [0, 0.1) is 5.92 Å². The lowest BCUT2D eigenvalue weighted by molar-refractivity contribution is -0.141. The summed E-state index contributed by atoms with van der Waals surface area (Å²) in [6, 6.07) is 2.59. The van der Waals surface area contributed by atoms with Crippen LogP contribution in [0.2, 0.25) is 0 Å².